The van der Waals surface area contributed by atoms with Gasteiger partial charge in [0, 0.05) is 12.6 Å². The van der Waals surface area contributed by atoms with Crippen LogP contribution in [0.3, 0.4) is 0 Å². The van der Waals surface area contributed by atoms with Crippen LogP contribution in [-0.2, 0) is 4.79 Å². The van der Waals surface area contributed by atoms with Crippen molar-refractivity contribution < 1.29 is 4.79 Å². The first-order valence-electron chi connectivity index (χ1n) is 7.99. The van der Waals surface area contributed by atoms with Crippen LogP contribution in [-0.4, -0.2) is 47.9 Å². The molecule has 0 saturated carbocycles. The summed E-state index contributed by atoms with van der Waals surface area (Å²) in [5.41, 5.74) is 1.24. The highest BCUT2D eigenvalue weighted by atomic mass is 32.1. The van der Waals surface area contributed by atoms with Gasteiger partial charge in [0.05, 0.1) is 6.04 Å². The van der Waals surface area contributed by atoms with E-state index in [-0.39, 0.29) is 12.2 Å². The van der Waals surface area contributed by atoms with E-state index in [1.165, 1.54) is 5.56 Å². The predicted molar refractivity (Wildman–Crippen MR) is 86.3 cm³/mol. The molecule has 1 aromatic rings. The van der Waals surface area contributed by atoms with Crippen LogP contribution in [0.4, 0.5) is 0 Å². The number of nitrogens with zero attached hydrogens (tertiary/aromatic N) is 2. The molecule has 2 fully saturated rings. The van der Waals surface area contributed by atoms with Crippen molar-refractivity contribution in [1.82, 2.24) is 15.1 Å². The SMILES string of the molecule is CCCCC1NC(c2ccsc2)N(C2CCN(C)C2)C1=O. The second kappa shape index (κ2) is 6.46. The quantitative estimate of drug-likeness (QED) is 0.907. The number of carbonyl (C=O) groups excluding carboxylic acids is 1. The fraction of sp³-hybridized carbons (Fsp3) is 0.688. The molecule has 0 bridgehead atoms. The average Bonchev–Trinajstić information content (AvgIpc) is 3.17. The molecule has 3 atom stereocenters. The Hall–Kier alpha value is -0.910. The molecular formula is C16H25N3OS. The van der Waals surface area contributed by atoms with E-state index < -0.39 is 0 Å². The van der Waals surface area contributed by atoms with E-state index in [1.807, 2.05) is 0 Å². The van der Waals surface area contributed by atoms with Crippen LogP contribution in [0.5, 0.6) is 0 Å². The minimum Gasteiger partial charge on any atom is -0.317 e. The van der Waals surface area contributed by atoms with Gasteiger partial charge in [0.1, 0.15) is 6.17 Å². The lowest BCUT2D eigenvalue weighted by Gasteiger charge is -2.29. The maximum atomic E-state index is 12.9. The number of hydrogen-bond donors (Lipinski definition) is 1. The van der Waals surface area contributed by atoms with Crippen molar-refractivity contribution in [3.05, 3.63) is 22.4 Å². The summed E-state index contributed by atoms with van der Waals surface area (Å²) in [5.74, 6) is 0.306. The maximum Gasteiger partial charge on any atom is 0.241 e. The number of rotatable bonds is 5. The van der Waals surface area contributed by atoms with Gasteiger partial charge in [-0.2, -0.15) is 11.3 Å². The Morgan fingerprint density at radius 1 is 1.48 bits per heavy atom. The molecule has 1 N–H and O–H groups in total. The molecule has 2 aliphatic rings. The smallest absolute Gasteiger partial charge is 0.241 e. The van der Waals surface area contributed by atoms with Gasteiger partial charge in [-0.25, -0.2) is 0 Å². The van der Waals surface area contributed by atoms with E-state index in [4.69, 9.17) is 0 Å². The minimum absolute atomic E-state index is 0.000700. The third-order valence-electron chi connectivity index (χ3n) is 4.65. The first kappa shape index (κ1) is 15.0. The van der Waals surface area contributed by atoms with Crippen LogP contribution in [0.25, 0.3) is 0 Å². The molecule has 3 unspecified atom stereocenters. The van der Waals surface area contributed by atoms with Crippen LogP contribution in [0, 0.1) is 0 Å². The highest BCUT2D eigenvalue weighted by Crippen LogP contribution is 2.32. The van der Waals surface area contributed by atoms with Gasteiger partial charge in [0.2, 0.25) is 5.91 Å². The Morgan fingerprint density at radius 3 is 2.95 bits per heavy atom. The second-order valence-corrected chi connectivity index (χ2v) is 7.05. The van der Waals surface area contributed by atoms with Gasteiger partial charge in [-0.3, -0.25) is 10.1 Å². The summed E-state index contributed by atoms with van der Waals surface area (Å²) in [6, 6.07) is 2.50. The predicted octanol–water partition coefficient (Wildman–Crippen LogP) is 2.44. The minimum atomic E-state index is 0.000700. The average molecular weight is 307 g/mol. The zero-order valence-corrected chi connectivity index (χ0v) is 13.7. The largest absolute Gasteiger partial charge is 0.317 e. The van der Waals surface area contributed by atoms with Crippen LogP contribution in [0.2, 0.25) is 0 Å². The molecule has 0 aromatic carbocycles. The normalized spacial score (nSPS) is 30.5. The third kappa shape index (κ3) is 3.00. The lowest BCUT2D eigenvalue weighted by molar-refractivity contribution is -0.132. The molecule has 0 aliphatic carbocycles. The molecule has 3 heterocycles. The summed E-state index contributed by atoms with van der Waals surface area (Å²) in [6.07, 6.45) is 4.36. The molecule has 4 nitrogen and oxygen atoms in total. The van der Waals surface area contributed by atoms with Crippen LogP contribution in [0.1, 0.15) is 44.3 Å². The number of amides is 1. The number of hydrogen-bond acceptors (Lipinski definition) is 4. The Morgan fingerprint density at radius 2 is 2.33 bits per heavy atom. The van der Waals surface area contributed by atoms with E-state index in [1.54, 1.807) is 11.3 Å². The topological polar surface area (TPSA) is 35.6 Å². The van der Waals surface area contributed by atoms with Gasteiger partial charge >= 0.3 is 0 Å². The number of thiophene rings is 1. The highest BCUT2D eigenvalue weighted by molar-refractivity contribution is 7.07. The molecule has 1 aromatic heterocycles. The Bertz CT molecular complexity index is 476. The first-order valence-corrected chi connectivity index (χ1v) is 8.94. The monoisotopic (exact) mass is 307 g/mol. The zero-order chi connectivity index (χ0) is 14.8. The first-order chi connectivity index (χ1) is 10.2. The fourth-order valence-corrected chi connectivity index (χ4v) is 4.16. The van der Waals surface area contributed by atoms with Crippen molar-refractivity contribution in [3.8, 4) is 0 Å². The van der Waals surface area contributed by atoms with Gasteiger partial charge in [-0.05, 0) is 48.8 Å². The zero-order valence-electron chi connectivity index (χ0n) is 12.9. The molecule has 21 heavy (non-hydrogen) atoms. The lowest BCUT2D eigenvalue weighted by atomic mass is 10.1. The molecule has 3 rings (SSSR count). The highest BCUT2D eigenvalue weighted by Gasteiger charge is 2.44. The number of likely N-dealkylation sites (tertiary alicyclic amines) is 1. The van der Waals surface area contributed by atoms with Gasteiger partial charge in [0.15, 0.2) is 0 Å². The van der Waals surface area contributed by atoms with E-state index in [2.05, 4.69) is 45.9 Å². The number of carbonyl (C=O) groups is 1. The summed E-state index contributed by atoms with van der Waals surface area (Å²) in [7, 11) is 2.14. The Labute approximate surface area is 131 Å². The number of likely N-dealkylation sites (N-methyl/N-ethyl adjacent to an activating group) is 1. The summed E-state index contributed by atoms with van der Waals surface area (Å²) in [5, 5.41) is 7.85. The van der Waals surface area contributed by atoms with E-state index >= 15 is 0 Å². The summed E-state index contributed by atoms with van der Waals surface area (Å²) in [4.78, 5) is 17.3. The molecular weight excluding hydrogens is 282 g/mol. The van der Waals surface area contributed by atoms with Crippen molar-refractivity contribution in [2.75, 3.05) is 20.1 Å². The third-order valence-corrected chi connectivity index (χ3v) is 5.36. The fourth-order valence-electron chi connectivity index (χ4n) is 3.48. The van der Waals surface area contributed by atoms with Crippen LogP contribution in [0.15, 0.2) is 16.8 Å². The van der Waals surface area contributed by atoms with Crippen LogP contribution >= 0.6 is 11.3 Å². The summed E-state index contributed by atoms with van der Waals surface area (Å²) in [6.45, 7) is 4.26. The van der Waals surface area contributed by atoms with Crippen molar-refractivity contribution in [2.45, 2.75) is 50.9 Å². The molecule has 1 amide bonds. The summed E-state index contributed by atoms with van der Waals surface area (Å²) < 4.78 is 0. The number of nitrogens with one attached hydrogen (secondary N) is 1. The van der Waals surface area contributed by atoms with E-state index in [9.17, 15) is 4.79 Å². The number of unbranched alkanes of at least 4 members (excludes halogenated alkanes) is 1. The van der Waals surface area contributed by atoms with E-state index in [0.29, 0.717) is 11.9 Å². The molecule has 0 radical (unpaired) electrons. The standard InChI is InChI=1S/C16H25N3OS/c1-3-4-5-14-16(20)19(13-6-8-18(2)10-13)15(17-14)12-7-9-21-11-12/h7,9,11,13-15,17H,3-6,8,10H2,1-2H3. The molecule has 5 heteroatoms. The van der Waals surface area contributed by atoms with Crippen LogP contribution < -0.4 is 5.32 Å². The van der Waals surface area contributed by atoms with Gasteiger partial charge in [-0.1, -0.05) is 19.8 Å². The molecule has 2 aliphatic heterocycles. The Balaban J connectivity index is 1.80. The van der Waals surface area contributed by atoms with Crippen molar-refractivity contribution in [1.29, 1.82) is 0 Å². The van der Waals surface area contributed by atoms with Gasteiger partial charge < -0.3 is 9.80 Å². The maximum absolute atomic E-state index is 12.9. The van der Waals surface area contributed by atoms with Crippen molar-refractivity contribution in [2.24, 2.45) is 0 Å². The summed E-state index contributed by atoms with van der Waals surface area (Å²) >= 11 is 1.70. The van der Waals surface area contributed by atoms with E-state index in [0.717, 1.165) is 38.8 Å². The molecule has 2 saturated heterocycles. The lowest BCUT2D eigenvalue weighted by Crippen LogP contribution is -2.41. The second-order valence-electron chi connectivity index (χ2n) is 6.27. The molecule has 116 valence electrons. The van der Waals surface area contributed by atoms with Crippen molar-refractivity contribution in [3.63, 3.8) is 0 Å². The van der Waals surface area contributed by atoms with Gasteiger partial charge in [-0.15, -0.1) is 0 Å². The van der Waals surface area contributed by atoms with Crippen molar-refractivity contribution >= 4 is 17.2 Å². The Kier molecular flexibility index (Phi) is 4.62. The molecule has 0 spiro atoms. The van der Waals surface area contributed by atoms with Gasteiger partial charge in [0.25, 0.3) is 0 Å².